The van der Waals surface area contributed by atoms with Crippen molar-refractivity contribution >= 4 is 5.95 Å². The topological polar surface area (TPSA) is 95.4 Å². The van der Waals surface area contributed by atoms with Crippen LogP contribution in [0.4, 0.5) is 10.3 Å². The highest BCUT2D eigenvalue weighted by Crippen LogP contribution is 2.16. The van der Waals surface area contributed by atoms with Crippen molar-refractivity contribution < 1.29 is 4.39 Å². The van der Waals surface area contributed by atoms with E-state index < -0.39 is 5.82 Å². The Balaban J connectivity index is 2.12. The van der Waals surface area contributed by atoms with E-state index >= 15 is 0 Å². The molecule has 3 rings (SSSR count). The molecule has 3 heterocycles. The Hall–Kier alpha value is -2.90. The second-order valence-electron chi connectivity index (χ2n) is 3.66. The van der Waals surface area contributed by atoms with Crippen molar-refractivity contribution in [1.29, 1.82) is 0 Å². The highest BCUT2D eigenvalue weighted by atomic mass is 19.1. The van der Waals surface area contributed by atoms with Crippen molar-refractivity contribution in [3.63, 3.8) is 0 Å². The maximum absolute atomic E-state index is 13.1. The number of nitrogens with zero attached hydrogens (tertiary/aromatic N) is 6. The first-order chi connectivity index (χ1) is 9.22. The summed E-state index contributed by atoms with van der Waals surface area (Å²) < 4.78 is 14.6. The van der Waals surface area contributed by atoms with Crippen LogP contribution in [0.2, 0.25) is 0 Å². The molecular weight excluding hydrogens is 249 g/mol. The Morgan fingerprint density at radius 3 is 2.79 bits per heavy atom. The van der Waals surface area contributed by atoms with E-state index in [1.54, 1.807) is 18.5 Å². The smallest absolute Gasteiger partial charge is 0.255 e. The van der Waals surface area contributed by atoms with Crippen LogP contribution in [0, 0.1) is 5.82 Å². The van der Waals surface area contributed by atoms with E-state index in [-0.39, 0.29) is 17.7 Å². The maximum Gasteiger partial charge on any atom is 0.255 e. The summed E-state index contributed by atoms with van der Waals surface area (Å²) in [5.74, 6) is 0.0543. The van der Waals surface area contributed by atoms with Crippen molar-refractivity contribution in [2.75, 3.05) is 5.73 Å². The summed E-state index contributed by atoms with van der Waals surface area (Å²) in [6, 6.07) is 3.00. The number of halogens is 1. The summed E-state index contributed by atoms with van der Waals surface area (Å²) in [7, 11) is 0. The number of hydrogen-bond acceptors (Lipinski definition) is 6. The number of hydrogen-bond donors (Lipinski definition) is 1. The summed E-state index contributed by atoms with van der Waals surface area (Å²) in [5.41, 5.74) is 6.04. The van der Waals surface area contributed by atoms with Gasteiger partial charge >= 0.3 is 0 Å². The predicted octanol–water partition coefficient (Wildman–Crippen LogP) is 0.841. The summed E-state index contributed by atoms with van der Waals surface area (Å²) in [6.07, 6.45) is 5.80. The van der Waals surface area contributed by atoms with Gasteiger partial charge in [0, 0.05) is 24.2 Å². The maximum atomic E-state index is 13.1. The van der Waals surface area contributed by atoms with Gasteiger partial charge in [0.15, 0.2) is 5.82 Å². The minimum Gasteiger partial charge on any atom is -0.368 e. The molecule has 7 nitrogen and oxygen atoms in total. The van der Waals surface area contributed by atoms with Gasteiger partial charge in [-0.05, 0) is 12.1 Å². The number of aromatic nitrogens is 6. The molecule has 0 saturated carbocycles. The Kier molecular flexibility index (Phi) is 2.60. The third-order valence-electron chi connectivity index (χ3n) is 2.31. The van der Waals surface area contributed by atoms with Gasteiger partial charge in [-0.1, -0.05) is 0 Å². The number of pyridine rings is 1. The second kappa shape index (κ2) is 4.41. The van der Waals surface area contributed by atoms with Crippen LogP contribution < -0.4 is 5.73 Å². The first-order valence-corrected chi connectivity index (χ1v) is 5.35. The van der Waals surface area contributed by atoms with Crippen molar-refractivity contribution in [2.24, 2.45) is 0 Å². The molecule has 0 unspecified atom stereocenters. The number of nitrogens with two attached hydrogens (primary N) is 1. The fraction of sp³-hybridized carbons (Fsp3) is 0. The molecule has 19 heavy (non-hydrogen) atoms. The monoisotopic (exact) mass is 257 g/mol. The van der Waals surface area contributed by atoms with Crippen molar-refractivity contribution in [3.05, 3.63) is 42.7 Å². The van der Waals surface area contributed by atoms with Crippen LogP contribution >= 0.6 is 0 Å². The number of rotatable bonds is 2. The predicted molar refractivity (Wildman–Crippen MR) is 64.6 cm³/mol. The molecule has 0 aromatic carbocycles. The van der Waals surface area contributed by atoms with Gasteiger partial charge in [0.25, 0.3) is 5.95 Å². The van der Waals surface area contributed by atoms with Gasteiger partial charge < -0.3 is 5.73 Å². The average molecular weight is 257 g/mol. The molecule has 0 radical (unpaired) electrons. The summed E-state index contributed by atoms with van der Waals surface area (Å²) in [5, 5.41) is 4.00. The largest absolute Gasteiger partial charge is 0.368 e. The third-order valence-corrected chi connectivity index (χ3v) is 2.31. The highest BCUT2D eigenvalue weighted by Gasteiger charge is 2.09. The number of nitrogen functional groups attached to an aromatic ring is 1. The van der Waals surface area contributed by atoms with Crippen LogP contribution in [0.5, 0.6) is 0 Å². The lowest BCUT2D eigenvalue weighted by Crippen LogP contribution is -2.08. The second-order valence-corrected chi connectivity index (χ2v) is 3.66. The normalized spacial score (nSPS) is 10.6. The number of anilines is 1. The van der Waals surface area contributed by atoms with E-state index in [9.17, 15) is 4.39 Å². The van der Waals surface area contributed by atoms with Crippen LogP contribution in [-0.2, 0) is 0 Å². The lowest BCUT2D eigenvalue weighted by Gasteiger charge is -2.04. The van der Waals surface area contributed by atoms with Gasteiger partial charge in [0.2, 0.25) is 5.95 Å². The lowest BCUT2D eigenvalue weighted by molar-refractivity contribution is 0.621. The van der Waals surface area contributed by atoms with E-state index in [2.05, 4.69) is 25.0 Å². The Morgan fingerprint density at radius 2 is 2.05 bits per heavy atom. The zero-order valence-corrected chi connectivity index (χ0v) is 9.60. The molecule has 3 aromatic heterocycles. The van der Waals surface area contributed by atoms with Gasteiger partial charge in [-0.2, -0.15) is 20.1 Å². The van der Waals surface area contributed by atoms with Gasteiger partial charge in [0.05, 0.1) is 6.20 Å². The Morgan fingerprint density at radius 1 is 1.16 bits per heavy atom. The molecular formula is C11H8FN7. The molecule has 3 aromatic rings. The van der Waals surface area contributed by atoms with Crippen molar-refractivity contribution in [3.8, 4) is 17.3 Å². The van der Waals surface area contributed by atoms with Gasteiger partial charge in [0.1, 0.15) is 5.82 Å². The van der Waals surface area contributed by atoms with E-state index in [1.807, 2.05) is 0 Å². The summed E-state index contributed by atoms with van der Waals surface area (Å²) >= 11 is 0. The third kappa shape index (κ3) is 2.23. The average Bonchev–Trinajstić information content (AvgIpc) is 2.92. The summed E-state index contributed by atoms with van der Waals surface area (Å²) in [6.45, 7) is 0. The Bertz CT molecular complexity index is 711. The molecule has 2 N–H and O–H groups in total. The quantitative estimate of drug-likeness (QED) is 0.730. The molecule has 0 spiro atoms. The van der Waals surface area contributed by atoms with Crippen LogP contribution in [0.15, 0.2) is 36.9 Å². The van der Waals surface area contributed by atoms with Crippen molar-refractivity contribution in [2.45, 2.75) is 0 Å². The lowest BCUT2D eigenvalue weighted by atomic mass is 10.2. The van der Waals surface area contributed by atoms with E-state index in [0.717, 1.165) is 6.20 Å². The zero-order chi connectivity index (χ0) is 13.2. The Labute approximate surface area is 107 Å². The van der Waals surface area contributed by atoms with Crippen molar-refractivity contribution in [1.82, 2.24) is 29.7 Å². The van der Waals surface area contributed by atoms with Crippen LogP contribution in [0.1, 0.15) is 0 Å². The zero-order valence-electron chi connectivity index (χ0n) is 9.60. The molecule has 0 amide bonds. The standard InChI is InChI=1S/C11H8FN7/c12-8-4-7(5-14-6-8)9-16-10(13)18-11(17-9)19-3-1-2-15-19/h1-6H,(H2,13,16,17,18). The molecule has 0 aliphatic carbocycles. The minimum atomic E-state index is -0.475. The molecule has 0 saturated heterocycles. The van der Waals surface area contributed by atoms with Crippen LogP contribution in [-0.4, -0.2) is 29.7 Å². The van der Waals surface area contributed by atoms with Gasteiger partial charge in [-0.25, -0.2) is 9.07 Å². The SMILES string of the molecule is Nc1nc(-c2cncc(F)c2)nc(-n2cccn2)n1. The first kappa shape index (κ1) is 11.2. The molecule has 0 fully saturated rings. The van der Waals surface area contributed by atoms with E-state index in [0.29, 0.717) is 5.56 Å². The molecule has 0 atom stereocenters. The molecule has 0 aliphatic heterocycles. The minimum absolute atomic E-state index is 0.0276. The molecule has 94 valence electrons. The highest BCUT2D eigenvalue weighted by molar-refractivity contribution is 5.55. The van der Waals surface area contributed by atoms with Crippen LogP contribution in [0.3, 0.4) is 0 Å². The van der Waals surface area contributed by atoms with Gasteiger partial charge in [-0.15, -0.1) is 0 Å². The fourth-order valence-corrected chi connectivity index (χ4v) is 1.53. The van der Waals surface area contributed by atoms with Gasteiger partial charge in [-0.3, -0.25) is 4.98 Å². The molecule has 0 bridgehead atoms. The molecule has 8 heteroatoms. The van der Waals surface area contributed by atoms with E-state index in [4.69, 9.17) is 5.73 Å². The fourth-order valence-electron chi connectivity index (χ4n) is 1.53. The summed E-state index contributed by atoms with van der Waals surface area (Å²) in [4.78, 5) is 15.9. The van der Waals surface area contributed by atoms with E-state index in [1.165, 1.54) is 16.9 Å². The van der Waals surface area contributed by atoms with Crippen LogP contribution in [0.25, 0.3) is 17.3 Å². The first-order valence-electron chi connectivity index (χ1n) is 5.35. The molecule has 0 aliphatic rings.